The fraction of sp³-hybridized carbons (Fsp3) is 0.400. The van der Waals surface area contributed by atoms with E-state index in [4.69, 9.17) is 4.74 Å². The normalized spacial score (nSPS) is 10.5. The van der Waals surface area contributed by atoms with Gasteiger partial charge in [0, 0.05) is 30.6 Å². The van der Waals surface area contributed by atoms with Crippen molar-refractivity contribution >= 4 is 28.4 Å². The van der Waals surface area contributed by atoms with E-state index in [1.54, 1.807) is 18.2 Å². The van der Waals surface area contributed by atoms with Gasteiger partial charge in [0.15, 0.2) is 7.11 Å². The van der Waals surface area contributed by atoms with Crippen molar-refractivity contribution < 1.29 is 19.3 Å². The van der Waals surface area contributed by atoms with Crippen LogP contribution in [0.3, 0.4) is 0 Å². The molecule has 7 heteroatoms. The van der Waals surface area contributed by atoms with Gasteiger partial charge in [-0.3, -0.25) is 0 Å². The predicted octanol–water partition coefficient (Wildman–Crippen LogP) is 2.85. The lowest BCUT2D eigenvalue weighted by Gasteiger charge is -2.10. The number of carbonyl (C=O) groups excluding carboxylic acids is 1. The lowest BCUT2D eigenvalue weighted by molar-refractivity contribution is -0.736. The molecular weight excluding hydrogens is 286 g/mol. The Morgan fingerprint density at radius 1 is 1.32 bits per heavy atom. The molecule has 2 aromatic rings. The molecule has 1 N–H and O–H groups in total. The molecule has 0 aliphatic carbocycles. The molecule has 2 rings (SSSR count). The number of nitrogens with one attached hydrogen (secondary N) is 1. The number of ether oxygens (including phenoxy) is 1. The number of aryl methyl sites for hydroxylation is 1. The van der Waals surface area contributed by atoms with E-state index >= 15 is 0 Å². The highest BCUT2D eigenvalue weighted by molar-refractivity contribution is 6.10. The van der Waals surface area contributed by atoms with E-state index < -0.39 is 5.97 Å². The molecule has 22 heavy (non-hydrogen) atoms. The molecule has 1 aromatic carbocycles. The van der Waals surface area contributed by atoms with Crippen LogP contribution in [0.5, 0.6) is 0 Å². The number of hydrogen-bond donors (Lipinski definition) is 1. The number of nitrogens with zero attached hydrogens (tertiary/aromatic N) is 2. The minimum Gasteiger partial charge on any atom is -0.465 e. The van der Waals surface area contributed by atoms with Gasteiger partial charge in [0.05, 0.1) is 17.5 Å². The van der Waals surface area contributed by atoms with E-state index in [9.17, 15) is 9.70 Å². The fourth-order valence-electron chi connectivity index (χ4n) is 2.55. The zero-order chi connectivity index (χ0) is 16.3. The molecule has 118 valence electrons. The molecule has 0 saturated heterocycles. The van der Waals surface area contributed by atoms with Crippen molar-refractivity contribution in [3.05, 3.63) is 28.7 Å². The van der Waals surface area contributed by atoms with Crippen LogP contribution in [0, 0.1) is 4.91 Å². The monoisotopic (exact) mass is 306 g/mol. The number of aromatic nitrogens is 1. The second-order valence-electron chi connectivity index (χ2n) is 4.63. The molecular formula is C15H20N3O4+. The van der Waals surface area contributed by atoms with Crippen molar-refractivity contribution in [2.24, 2.45) is 0 Å². The SMILES string of the molecule is CCNc1c(C(=O)OC)c2ccc([N+](=O)OC)cc2n1CC. The van der Waals surface area contributed by atoms with E-state index in [0.717, 1.165) is 10.9 Å². The minimum absolute atomic E-state index is 0.363. The second-order valence-corrected chi connectivity index (χ2v) is 4.63. The minimum atomic E-state index is -0.411. The Hall–Kier alpha value is -2.57. The molecule has 0 bridgehead atoms. The van der Waals surface area contributed by atoms with Crippen LogP contribution in [0.1, 0.15) is 24.2 Å². The number of hydrogen-bond acceptors (Lipinski definition) is 5. The van der Waals surface area contributed by atoms with E-state index in [1.807, 2.05) is 18.4 Å². The Morgan fingerprint density at radius 3 is 2.59 bits per heavy atom. The van der Waals surface area contributed by atoms with Gasteiger partial charge in [0.2, 0.25) is 0 Å². The van der Waals surface area contributed by atoms with Crippen molar-refractivity contribution in [3.8, 4) is 0 Å². The predicted molar refractivity (Wildman–Crippen MR) is 83.4 cm³/mol. The van der Waals surface area contributed by atoms with E-state index in [1.165, 1.54) is 14.2 Å². The summed E-state index contributed by atoms with van der Waals surface area (Å²) in [7, 11) is 2.66. The Labute approximate surface area is 128 Å². The van der Waals surface area contributed by atoms with Gasteiger partial charge in [-0.05, 0) is 19.9 Å². The van der Waals surface area contributed by atoms with Crippen LogP contribution in [-0.4, -0.2) is 36.2 Å². The average molecular weight is 306 g/mol. The van der Waals surface area contributed by atoms with Gasteiger partial charge in [-0.1, -0.05) is 0 Å². The summed E-state index contributed by atoms with van der Waals surface area (Å²) in [5.41, 5.74) is 1.61. The highest BCUT2D eigenvalue weighted by atomic mass is 16.8. The highest BCUT2D eigenvalue weighted by Gasteiger charge is 2.25. The van der Waals surface area contributed by atoms with Gasteiger partial charge < -0.3 is 14.6 Å². The van der Waals surface area contributed by atoms with Crippen molar-refractivity contribution in [2.45, 2.75) is 20.4 Å². The van der Waals surface area contributed by atoms with Crippen molar-refractivity contribution in [3.63, 3.8) is 0 Å². The molecule has 0 saturated carbocycles. The smallest absolute Gasteiger partial charge is 0.342 e. The van der Waals surface area contributed by atoms with Crippen LogP contribution in [0.15, 0.2) is 18.2 Å². The Morgan fingerprint density at radius 2 is 2.05 bits per heavy atom. The molecule has 0 aliphatic rings. The quantitative estimate of drug-likeness (QED) is 0.656. The topological polar surface area (TPSA) is 72.6 Å². The number of fused-ring (bicyclic) bond motifs is 1. The summed E-state index contributed by atoms with van der Waals surface area (Å²) in [6.45, 7) is 5.23. The summed E-state index contributed by atoms with van der Waals surface area (Å²) in [5.74, 6) is 0.283. The number of esters is 1. The van der Waals surface area contributed by atoms with Crippen LogP contribution in [-0.2, 0) is 16.1 Å². The van der Waals surface area contributed by atoms with Crippen LogP contribution < -0.4 is 5.32 Å². The summed E-state index contributed by atoms with van der Waals surface area (Å²) in [6, 6.07) is 5.04. The summed E-state index contributed by atoms with van der Waals surface area (Å²) >= 11 is 0. The van der Waals surface area contributed by atoms with Gasteiger partial charge >= 0.3 is 11.7 Å². The number of carbonyl (C=O) groups is 1. The van der Waals surface area contributed by atoms with Crippen molar-refractivity contribution in [2.75, 3.05) is 26.1 Å². The van der Waals surface area contributed by atoms with Crippen LogP contribution in [0.25, 0.3) is 10.9 Å². The first kappa shape index (κ1) is 15.8. The average Bonchev–Trinajstić information content (AvgIpc) is 2.85. The molecule has 7 nitrogen and oxygen atoms in total. The molecule has 0 atom stereocenters. The second kappa shape index (κ2) is 6.46. The third-order valence-electron chi connectivity index (χ3n) is 3.47. The molecule has 1 heterocycles. The third kappa shape index (κ3) is 2.49. The molecule has 0 spiro atoms. The van der Waals surface area contributed by atoms with Gasteiger partial charge in [-0.25, -0.2) is 9.63 Å². The number of rotatable bonds is 6. The van der Waals surface area contributed by atoms with Crippen molar-refractivity contribution in [1.82, 2.24) is 4.57 Å². The third-order valence-corrected chi connectivity index (χ3v) is 3.47. The lowest BCUT2D eigenvalue weighted by atomic mass is 10.1. The first-order valence-electron chi connectivity index (χ1n) is 7.08. The van der Waals surface area contributed by atoms with Gasteiger partial charge in [-0.2, -0.15) is 0 Å². The first-order chi connectivity index (χ1) is 10.6. The molecule has 1 aromatic heterocycles. The molecule has 0 unspecified atom stereocenters. The van der Waals surface area contributed by atoms with Gasteiger partial charge in [-0.15, -0.1) is 0 Å². The molecule has 0 fully saturated rings. The van der Waals surface area contributed by atoms with E-state index in [2.05, 4.69) is 10.2 Å². The van der Waals surface area contributed by atoms with Gasteiger partial charge in [0.25, 0.3) is 4.92 Å². The lowest BCUT2D eigenvalue weighted by Crippen LogP contribution is -2.10. The number of methoxy groups -OCH3 is 1. The maximum Gasteiger partial charge on any atom is 0.342 e. The summed E-state index contributed by atoms with van der Waals surface area (Å²) in [4.78, 5) is 28.9. The Bertz CT molecular complexity index is 721. The van der Waals surface area contributed by atoms with E-state index in [-0.39, 0.29) is 0 Å². The fourth-order valence-corrected chi connectivity index (χ4v) is 2.55. The molecule has 0 aliphatic heterocycles. The Balaban J connectivity index is 2.78. The maximum atomic E-state index is 12.2. The van der Waals surface area contributed by atoms with E-state index in [0.29, 0.717) is 35.1 Å². The largest absolute Gasteiger partial charge is 0.465 e. The molecule has 0 amide bonds. The maximum absolute atomic E-state index is 12.2. The van der Waals surface area contributed by atoms with Crippen molar-refractivity contribution in [1.29, 1.82) is 0 Å². The summed E-state index contributed by atoms with van der Waals surface area (Å²) in [5, 5.41) is 3.94. The zero-order valence-electron chi connectivity index (χ0n) is 13.2. The van der Waals surface area contributed by atoms with Crippen LogP contribution in [0.2, 0.25) is 0 Å². The summed E-state index contributed by atoms with van der Waals surface area (Å²) < 4.78 is 6.84. The zero-order valence-corrected chi connectivity index (χ0v) is 13.2. The Kier molecular flexibility index (Phi) is 4.65. The molecule has 0 radical (unpaired) electrons. The number of anilines is 1. The van der Waals surface area contributed by atoms with Crippen LogP contribution >= 0.6 is 0 Å². The highest BCUT2D eigenvalue weighted by Crippen LogP contribution is 2.33. The van der Waals surface area contributed by atoms with Crippen LogP contribution in [0.4, 0.5) is 11.5 Å². The first-order valence-corrected chi connectivity index (χ1v) is 7.08. The summed E-state index contributed by atoms with van der Waals surface area (Å²) in [6.07, 6.45) is 0. The standard InChI is InChI=1S/C15H19N3O4/c1-5-16-14-13(15(19)21-3)11-8-7-10(18(20)22-4)9-12(11)17(14)6-2/h7-9H,5-6H2,1-4H3/p+1. The number of benzene rings is 1. The van der Waals surface area contributed by atoms with Gasteiger partial charge in [0.1, 0.15) is 11.4 Å².